The lowest BCUT2D eigenvalue weighted by Gasteiger charge is -2.38. The minimum atomic E-state index is -1.09. The van der Waals surface area contributed by atoms with Crippen molar-refractivity contribution in [3.05, 3.63) is 58.3 Å². The molecule has 0 bridgehead atoms. The highest BCUT2D eigenvalue weighted by Gasteiger charge is 2.36. The maximum Gasteiger partial charge on any atom is 0.333 e. The Hall–Kier alpha value is -3.63. The van der Waals surface area contributed by atoms with Crippen LogP contribution in [0.2, 0.25) is 0 Å². The number of hydrogen-bond donors (Lipinski definition) is 0. The highest BCUT2D eigenvalue weighted by atomic mass is 16.7. The Labute approximate surface area is 153 Å². The van der Waals surface area contributed by atoms with Crippen LogP contribution in [0.1, 0.15) is 18.4 Å². The Morgan fingerprint density at radius 1 is 1.37 bits per heavy atom. The largest absolute Gasteiger partial charge is 0.481 e. The third-order valence-corrected chi connectivity index (χ3v) is 3.75. The molecule has 1 atom stereocenters. The molecule has 11 nitrogen and oxygen atoms in total. The molecule has 1 unspecified atom stereocenters. The van der Waals surface area contributed by atoms with E-state index in [9.17, 15) is 19.7 Å². The first-order valence-electron chi connectivity index (χ1n) is 7.95. The van der Waals surface area contributed by atoms with Gasteiger partial charge in [-0.3, -0.25) is 14.9 Å². The van der Waals surface area contributed by atoms with Gasteiger partial charge in [0.05, 0.1) is 31.4 Å². The van der Waals surface area contributed by atoms with E-state index in [1.165, 1.54) is 24.3 Å². The normalized spacial score (nSPS) is 21.1. The first-order valence-corrected chi connectivity index (χ1v) is 7.95. The van der Waals surface area contributed by atoms with Crippen molar-refractivity contribution >= 4 is 11.9 Å². The van der Waals surface area contributed by atoms with Gasteiger partial charge in [0, 0.05) is 18.5 Å². The lowest BCUT2D eigenvalue weighted by Crippen LogP contribution is -2.47. The van der Waals surface area contributed by atoms with Gasteiger partial charge >= 0.3 is 11.9 Å². The summed E-state index contributed by atoms with van der Waals surface area (Å²) < 4.78 is 10.2. The van der Waals surface area contributed by atoms with Crippen LogP contribution < -0.4 is 4.74 Å². The molecular formula is C16H16N4O7. The Balaban J connectivity index is 1.91. The van der Waals surface area contributed by atoms with E-state index in [0.29, 0.717) is 12.1 Å². The van der Waals surface area contributed by atoms with E-state index in [1.807, 2.05) is 0 Å². The summed E-state index contributed by atoms with van der Waals surface area (Å²) in [4.78, 5) is 44.7. The highest BCUT2D eigenvalue weighted by molar-refractivity contribution is 5.78. The molecule has 27 heavy (non-hydrogen) atoms. The van der Waals surface area contributed by atoms with Crippen LogP contribution in [0.15, 0.2) is 42.6 Å². The summed E-state index contributed by atoms with van der Waals surface area (Å²) in [6, 6.07) is 3.40. The minimum Gasteiger partial charge on any atom is -0.481 e. The van der Waals surface area contributed by atoms with Gasteiger partial charge in [0.25, 0.3) is 6.20 Å². The molecule has 1 fully saturated rings. The molecule has 1 aromatic heterocycles. The van der Waals surface area contributed by atoms with E-state index in [2.05, 4.69) is 4.98 Å². The standard InChI is InChI=1S/C16H16N4O7/c1-25-12-3-2-11(8-17-12)9-18-7-6-14-20(13(18)10-19(23)24)27-16(22)5-4-15(21)26-14/h2-3,6-8,10,14H,4-5,9H2,1H3/b13-10-. The maximum absolute atomic E-state index is 11.9. The number of ether oxygens (including phenoxy) is 2. The smallest absolute Gasteiger partial charge is 0.333 e. The fraction of sp³-hybridized carbons (Fsp3) is 0.312. The van der Waals surface area contributed by atoms with E-state index in [-0.39, 0.29) is 25.2 Å². The van der Waals surface area contributed by atoms with Crippen molar-refractivity contribution in [2.75, 3.05) is 7.11 Å². The minimum absolute atomic E-state index is 0.0635. The Kier molecular flexibility index (Phi) is 5.20. The van der Waals surface area contributed by atoms with Gasteiger partial charge in [-0.2, -0.15) is 0 Å². The number of rotatable bonds is 4. The molecule has 11 heteroatoms. The second kappa shape index (κ2) is 7.72. The van der Waals surface area contributed by atoms with E-state index >= 15 is 0 Å². The zero-order valence-corrected chi connectivity index (χ0v) is 14.3. The zero-order chi connectivity index (χ0) is 19.4. The number of esters is 1. The van der Waals surface area contributed by atoms with Gasteiger partial charge in [-0.15, -0.1) is 5.06 Å². The van der Waals surface area contributed by atoms with Gasteiger partial charge in [-0.25, -0.2) is 9.78 Å². The molecule has 0 amide bonds. The predicted octanol–water partition coefficient (Wildman–Crippen LogP) is 0.918. The molecule has 0 saturated carbocycles. The molecule has 0 spiro atoms. The Morgan fingerprint density at radius 3 is 2.81 bits per heavy atom. The third-order valence-electron chi connectivity index (χ3n) is 3.75. The number of hydrogen-bond acceptors (Lipinski definition) is 10. The molecule has 0 radical (unpaired) electrons. The van der Waals surface area contributed by atoms with Crippen LogP contribution in [-0.2, 0) is 25.7 Å². The van der Waals surface area contributed by atoms with Crippen molar-refractivity contribution in [3.8, 4) is 5.88 Å². The van der Waals surface area contributed by atoms with Gasteiger partial charge in [-0.1, -0.05) is 6.07 Å². The fourth-order valence-corrected chi connectivity index (χ4v) is 2.51. The molecule has 0 N–H and O–H groups in total. The van der Waals surface area contributed by atoms with Crippen molar-refractivity contribution < 1.29 is 28.8 Å². The van der Waals surface area contributed by atoms with Crippen LogP contribution in [-0.4, -0.2) is 45.1 Å². The Bertz CT molecular complexity index is 805. The number of nitro groups is 1. The summed E-state index contributed by atoms with van der Waals surface area (Å²) >= 11 is 0. The lowest BCUT2D eigenvalue weighted by molar-refractivity contribution is -0.407. The summed E-state index contributed by atoms with van der Waals surface area (Å²) in [5.74, 6) is -0.920. The van der Waals surface area contributed by atoms with Crippen molar-refractivity contribution in [1.29, 1.82) is 0 Å². The highest BCUT2D eigenvalue weighted by Crippen LogP contribution is 2.27. The van der Waals surface area contributed by atoms with Crippen molar-refractivity contribution in [1.82, 2.24) is 14.9 Å². The fourth-order valence-electron chi connectivity index (χ4n) is 2.51. The maximum atomic E-state index is 11.9. The lowest BCUT2D eigenvalue weighted by atomic mass is 10.2. The summed E-state index contributed by atoms with van der Waals surface area (Å²) in [7, 11) is 1.49. The molecule has 0 aliphatic carbocycles. The van der Waals surface area contributed by atoms with Gasteiger partial charge in [-0.05, 0) is 11.6 Å². The topological polar surface area (TPSA) is 124 Å². The predicted molar refractivity (Wildman–Crippen MR) is 87.6 cm³/mol. The summed E-state index contributed by atoms with van der Waals surface area (Å²) in [5.41, 5.74) is 0.725. The number of pyridine rings is 1. The van der Waals surface area contributed by atoms with Crippen molar-refractivity contribution in [2.45, 2.75) is 25.6 Å². The van der Waals surface area contributed by atoms with E-state index in [0.717, 1.165) is 10.6 Å². The molecule has 3 heterocycles. The summed E-state index contributed by atoms with van der Waals surface area (Å²) in [6.45, 7) is 0.196. The second-order valence-corrected chi connectivity index (χ2v) is 5.62. The molecule has 1 saturated heterocycles. The van der Waals surface area contributed by atoms with E-state index in [1.54, 1.807) is 18.3 Å². The number of hydroxylamine groups is 2. The van der Waals surface area contributed by atoms with Gasteiger partial charge in [0.2, 0.25) is 17.9 Å². The summed E-state index contributed by atoms with van der Waals surface area (Å²) in [5, 5.41) is 12.0. The molecule has 3 rings (SSSR count). The van der Waals surface area contributed by atoms with Gasteiger partial charge in [0.15, 0.2) is 0 Å². The van der Waals surface area contributed by atoms with Crippen LogP contribution >= 0.6 is 0 Å². The van der Waals surface area contributed by atoms with Crippen LogP contribution in [0.4, 0.5) is 0 Å². The van der Waals surface area contributed by atoms with Crippen LogP contribution in [0.5, 0.6) is 5.88 Å². The number of nitrogens with zero attached hydrogens (tertiary/aromatic N) is 4. The number of fused-ring (bicyclic) bond motifs is 1. The average Bonchev–Trinajstić information content (AvgIpc) is 2.63. The van der Waals surface area contributed by atoms with Gasteiger partial charge in [0.1, 0.15) is 0 Å². The SMILES string of the molecule is COc1ccc(CN2C=CC3OC(=O)CCC(=O)ON3/C2=C\[N+](=O)[O-])cn1. The number of carbonyl (C=O) groups excluding carboxylic acids is 2. The van der Waals surface area contributed by atoms with Gasteiger partial charge < -0.3 is 19.2 Å². The van der Waals surface area contributed by atoms with Crippen LogP contribution in [0.3, 0.4) is 0 Å². The first kappa shape index (κ1) is 18.2. The molecule has 142 valence electrons. The van der Waals surface area contributed by atoms with Crippen molar-refractivity contribution in [3.63, 3.8) is 0 Å². The van der Waals surface area contributed by atoms with E-state index < -0.39 is 23.1 Å². The number of carbonyl (C=O) groups is 2. The number of methoxy groups -OCH3 is 1. The van der Waals surface area contributed by atoms with Crippen LogP contribution in [0.25, 0.3) is 0 Å². The third kappa shape index (κ3) is 4.32. The zero-order valence-electron chi connectivity index (χ0n) is 14.3. The number of aromatic nitrogens is 1. The summed E-state index contributed by atoms with van der Waals surface area (Å²) in [6.07, 6.45) is 3.83. The monoisotopic (exact) mass is 376 g/mol. The van der Waals surface area contributed by atoms with Crippen molar-refractivity contribution in [2.24, 2.45) is 0 Å². The first-order chi connectivity index (χ1) is 13.0. The second-order valence-electron chi connectivity index (χ2n) is 5.62. The molecular weight excluding hydrogens is 360 g/mol. The molecule has 0 aromatic carbocycles. The quantitative estimate of drug-likeness (QED) is 0.425. The molecule has 2 aliphatic rings. The van der Waals surface area contributed by atoms with Crippen LogP contribution in [0, 0.1) is 10.1 Å². The molecule has 1 aromatic rings. The Morgan fingerprint density at radius 2 is 2.15 bits per heavy atom. The molecule has 2 aliphatic heterocycles. The average molecular weight is 376 g/mol. The van der Waals surface area contributed by atoms with E-state index in [4.69, 9.17) is 14.3 Å².